The van der Waals surface area contributed by atoms with E-state index < -0.39 is 0 Å². The SMILES string of the molecule is CC1CC(NCC2CCC(C)O2)CCO1. The van der Waals surface area contributed by atoms with Crippen LogP contribution in [0.3, 0.4) is 0 Å². The molecule has 3 nitrogen and oxygen atoms in total. The van der Waals surface area contributed by atoms with E-state index in [1.54, 1.807) is 0 Å². The number of hydrogen-bond acceptors (Lipinski definition) is 3. The van der Waals surface area contributed by atoms with Gasteiger partial charge in [0.15, 0.2) is 0 Å². The molecule has 2 rings (SSSR count). The predicted octanol–water partition coefficient (Wildman–Crippen LogP) is 1.71. The van der Waals surface area contributed by atoms with Crippen molar-refractivity contribution in [1.82, 2.24) is 5.32 Å². The first-order valence-electron chi connectivity index (χ1n) is 6.24. The molecule has 0 aromatic heterocycles. The van der Waals surface area contributed by atoms with Gasteiger partial charge in [-0.15, -0.1) is 0 Å². The molecule has 2 heterocycles. The smallest absolute Gasteiger partial charge is 0.0704 e. The molecule has 88 valence electrons. The minimum atomic E-state index is 0.416. The van der Waals surface area contributed by atoms with Crippen molar-refractivity contribution < 1.29 is 9.47 Å². The summed E-state index contributed by atoms with van der Waals surface area (Å²) in [5, 5.41) is 3.61. The van der Waals surface area contributed by atoms with Crippen LogP contribution in [0.5, 0.6) is 0 Å². The molecule has 0 saturated carbocycles. The van der Waals surface area contributed by atoms with E-state index in [1.165, 1.54) is 12.8 Å². The Bertz CT molecular complexity index is 198. The monoisotopic (exact) mass is 213 g/mol. The summed E-state index contributed by atoms with van der Waals surface area (Å²) in [6, 6.07) is 0.633. The number of nitrogens with one attached hydrogen (secondary N) is 1. The van der Waals surface area contributed by atoms with Crippen molar-refractivity contribution in [2.45, 2.75) is 63.9 Å². The van der Waals surface area contributed by atoms with Gasteiger partial charge < -0.3 is 14.8 Å². The van der Waals surface area contributed by atoms with E-state index in [1.807, 2.05) is 0 Å². The summed E-state index contributed by atoms with van der Waals surface area (Å²) in [6.45, 7) is 6.24. The van der Waals surface area contributed by atoms with Crippen molar-refractivity contribution in [1.29, 1.82) is 0 Å². The largest absolute Gasteiger partial charge is 0.378 e. The first kappa shape index (κ1) is 11.4. The number of hydrogen-bond donors (Lipinski definition) is 1. The van der Waals surface area contributed by atoms with Crippen LogP contribution in [-0.2, 0) is 9.47 Å². The lowest BCUT2D eigenvalue weighted by Gasteiger charge is -2.29. The molecule has 0 spiro atoms. The fraction of sp³-hybridized carbons (Fsp3) is 1.00. The Labute approximate surface area is 92.5 Å². The minimum absolute atomic E-state index is 0.416. The molecule has 0 radical (unpaired) electrons. The van der Waals surface area contributed by atoms with Gasteiger partial charge in [0.05, 0.1) is 18.3 Å². The van der Waals surface area contributed by atoms with E-state index in [9.17, 15) is 0 Å². The normalized spacial score (nSPS) is 42.0. The molecule has 0 aliphatic carbocycles. The van der Waals surface area contributed by atoms with Gasteiger partial charge in [-0.05, 0) is 39.5 Å². The Balaban J connectivity index is 1.64. The Morgan fingerprint density at radius 2 is 2.00 bits per heavy atom. The molecule has 2 aliphatic rings. The van der Waals surface area contributed by atoms with Crippen LogP contribution in [0.2, 0.25) is 0 Å². The Kier molecular flexibility index (Phi) is 4.00. The second-order valence-electron chi connectivity index (χ2n) is 4.96. The summed E-state index contributed by atoms with van der Waals surface area (Å²) in [7, 11) is 0. The van der Waals surface area contributed by atoms with Gasteiger partial charge in [-0.1, -0.05) is 0 Å². The molecule has 4 atom stereocenters. The average Bonchev–Trinajstić information content (AvgIpc) is 2.62. The van der Waals surface area contributed by atoms with E-state index in [0.29, 0.717) is 24.4 Å². The van der Waals surface area contributed by atoms with Crippen molar-refractivity contribution in [2.75, 3.05) is 13.2 Å². The molecule has 4 unspecified atom stereocenters. The summed E-state index contributed by atoms with van der Waals surface area (Å²) in [5.74, 6) is 0. The van der Waals surface area contributed by atoms with Gasteiger partial charge in [-0.2, -0.15) is 0 Å². The van der Waals surface area contributed by atoms with E-state index in [0.717, 1.165) is 26.0 Å². The zero-order chi connectivity index (χ0) is 10.7. The van der Waals surface area contributed by atoms with Crippen LogP contribution in [-0.4, -0.2) is 37.5 Å². The molecule has 0 amide bonds. The minimum Gasteiger partial charge on any atom is -0.378 e. The van der Waals surface area contributed by atoms with Gasteiger partial charge in [0.25, 0.3) is 0 Å². The number of ether oxygens (including phenoxy) is 2. The van der Waals surface area contributed by atoms with Crippen LogP contribution in [0.4, 0.5) is 0 Å². The van der Waals surface area contributed by atoms with Crippen LogP contribution in [0, 0.1) is 0 Å². The average molecular weight is 213 g/mol. The lowest BCUT2D eigenvalue weighted by Crippen LogP contribution is -2.41. The van der Waals surface area contributed by atoms with E-state index in [2.05, 4.69) is 19.2 Å². The van der Waals surface area contributed by atoms with Crippen LogP contribution in [0.25, 0.3) is 0 Å². The lowest BCUT2D eigenvalue weighted by molar-refractivity contribution is 0.00704. The summed E-state index contributed by atoms with van der Waals surface area (Å²) < 4.78 is 11.3. The third-order valence-electron chi connectivity index (χ3n) is 3.44. The first-order chi connectivity index (χ1) is 7.24. The molecule has 0 aromatic carbocycles. The number of rotatable bonds is 3. The van der Waals surface area contributed by atoms with Crippen LogP contribution < -0.4 is 5.32 Å². The molecular weight excluding hydrogens is 190 g/mol. The Morgan fingerprint density at radius 3 is 2.67 bits per heavy atom. The van der Waals surface area contributed by atoms with Crippen molar-refractivity contribution in [3.63, 3.8) is 0 Å². The summed E-state index contributed by atoms with van der Waals surface area (Å²) in [4.78, 5) is 0. The standard InChI is InChI=1S/C12H23NO2/c1-9-3-4-12(15-9)8-13-11-5-6-14-10(2)7-11/h9-13H,3-8H2,1-2H3. The van der Waals surface area contributed by atoms with Crippen LogP contribution >= 0.6 is 0 Å². The van der Waals surface area contributed by atoms with E-state index in [-0.39, 0.29) is 0 Å². The van der Waals surface area contributed by atoms with Gasteiger partial charge in [-0.25, -0.2) is 0 Å². The molecule has 2 aliphatic heterocycles. The molecular formula is C12H23NO2. The Hall–Kier alpha value is -0.120. The summed E-state index contributed by atoms with van der Waals surface area (Å²) in [5.41, 5.74) is 0. The lowest BCUT2D eigenvalue weighted by atomic mass is 10.0. The topological polar surface area (TPSA) is 30.5 Å². The van der Waals surface area contributed by atoms with Crippen molar-refractivity contribution >= 4 is 0 Å². The molecule has 15 heavy (non-hydrogen) atoms. The highest BCUT2D eigenvalue weighted by Gasteiger charge is 2.24. The zero-order valence-electron chi connectivity index (χ0n) is 9.87. The van der Waals surface area contributed by atoms with Crippen LogP contribution in [0.15, 0.2) is 0 Å². The summed E-state index contributed by atoms with van der Waals surface area (Å²) in [6.07, 6.45) is 6.04. The third kappa shape index (κ3) is 3.44. The Morgan fingerprint density at radius 1 is 1.13 bits per heavy atom. The quantitative estimate of drug-likeness (QED) is 0.774. The van der Waals surface area contributed by atoms with E-state index >= 15 is 0 Å². The van der Waals surface area contributed by atoms with Gasteiger partial charge in [-0.3, -0.25) is 0 Å². The first-order valence-corrected chi connectivity index (χ1v) is 6.24. The maximum atomic E-state index is 5.79. The molecule has 2 saturated heterocycles. The maximum absolute atomic E-state index is 5.79. The highest BCUT2D eigenvalue weighted by Crippen LogP contribution is 2.19. The predicted molar refractivity (Wildman–Crippen MR) is 60.0 cm³/mol. The molecule has 2 fully saturated rings. The molecule has 0 aromatic rings. The fourth-order valence-electron chi connectivity index (χ4n) is 2.52. The molecule has 3 heteroatoms. The second-order valence-corrected chi connectivity index (χ2v) is 4.96. The second kappa shape index (κ2) is 5.28. The highest BCUT2D eigenvalue weighted by atomic mass is 16.5. The van der Waals surface area contributed by atoms with Gasteiger partial charge in [0.2, 0.25) is 0 Å². The third-order valence-corrected chi connectivity index (χ3v) is 3.44. The molecule has 0 bridgehead atoms. The van der Waals surface area contributed by atoms with E-state index in [4.69, 9.17) is 9.47 Å². The van der Waals surface area contributed by atoms with Crippen molar-refractivity contribution in [3.05, 3.63) is 0 Å². The highest BCUT2D eigenvalue weighted by molar-refractivity contribution is 4.78. The maximum Gasteiger partial charge on any atom is 0.0704 e. The zero-order valence-corrected chi connectivity index (χ0v) is 9.87. The van der Waals surface area contributed by atoms with Crippen molar-refractivity contribution in [3.8, 4) is 0 Å². The van der Waals surface area contributed by atoms with Gasteiger partial charge >= 0.3 is 0 Å². The summed E-state index contributed by atoms with van der Waals surface area (Å²) >= 11 is 0. The van der Waals surface area contributed by atoms with Gasteiger partial charge in [0.1, 0.15) is 0 Å². The van der Waals surface area contributed by atoms with Crippen LogP contribution in [0.1, 0.15) is 39.5 Å². The fourth-order valence-corrected chi connectivity index (χ4v) is 2.52. The van der Waals surface area contributed by atoms with Gasteiger partial charge in [0, 0.05) is 19.2 Å². The molecule has 1 N–H and O–H groups in total. The van der Waals surface area contributed by atoms with Crippen molar-refractivity contribution in [2.24, 2.45) is 0 Å².